The molecular formula is C25H28FN3O3. The van der Waals surface area contributed by atoms with Crippen LogP contribution in [0.1, 0.15) is 54.1 Å². The summed E-state index contributed by atoms with van der Waals surface area (Å²) in [6, 6.07) is 1.41. The molecule has 1 saturated heterocycles. The molecule has 7 heteroatoms. The molecule has 3 aliphatic carbocycles. The number of nitrogens with zero attached hydrogens (tertiary/aromatic N) is 2. The predicted octanol–water partition coefficient (Wildman–Crippen LogP) is 3.60. The van der Waals surface area contributed by atoms with E-state index in [2.05, 4.69) is 11.0 Å². The SMILES string of the molecule is Cc1c(N2CC3CC(C4CC4)=CC(N)[C@H]3C2)c(F)cc2c(=O)c(C(=O)O)cn(C3CC3)c12. The van der Waals surface area contributed by atoms with Crippen LogP contribution in [0.2, 0.25) is 0 Å². The fourth-order valence-electron chi connectivity index (χ4n) is 6.08. The largest absolute Gasteiger partial charge is 0.477 e. The van der Waals surface area contributed by atoms with Gasteiger partial charge in [0.05, 0.1) is 11.2 Å². The number of anilines is 1. The number of halogens is 1. The molecule has 1 aromatic carbocycles. The lowest BCUT2D eigenvalue weighted by Gasteiger charge is -2.29. The highest BCUT2D eigenvalue weighted by Crippen LogP contribution is 2.47. The van der Waals surface area contributed by atoms with Gasteiger partial charge in [0, 0.05) is 36.8 Å². The maximum absolute atomic E-state index is 15.5. The molecule has 0 bridgehead atoms. The molecular weight excluding hydrogens is 409 g/mol. The molecule has 1 aromatic heterocycles. The van der Waals surface area contributed by atoms with Crippen molar-refractivity contribution in [3.05, 3.63) is 51.1 Å². The number of aromatic carboxylic acids is 1. The van der Waals surface area contributed by atoms with Crippen LogP contribution in [-0.2, 0) is 0 Å². The van der Waals surface area contributed by atoms with Crippen LogP contribution in [0, 0.1) is 30.5 Å². The Kier molecular flexibility index (Phi) is 4.31. The van der Waals surface area contributed by atoms with Gasteiger partial charge in [0.25, 0.3) is 0 Å². The van der Waals surface area contributed by atoms with Gasteiger partial charge in [-0.1, -0.05) is 11.6 Å². The van der Waals surface area contributed by atoms with Crippen molar-refractivity contribution in [1.82, 2.24) is 4.57 Å². The summed E-state index contributed by atoms with van der Waals surface area (Å²) in [5.41, 5.74) is 9.00. The fourth-order valence-corrected chi connectivity index (χ4v) is 6.08. The minimum absolute atomic E-state index is 0.000873. The number of benzene rings is 1. The fraction of sp³-hybridized carbons (Fsp3) is 0.520. The van der Waals surface area contributed by atoms with Gasteiger partial charge in [-0.3, -0.25) is 4.79 Å². The molecule has 0 radical (unpaired) electrons. The first-order chi connectivity index (χ1) is 15.3. The molecule has 0 amide bonds. The Balaban J connectivity index is 1.44. The van der Waals surface area contributed by atoms with Gasteiger partial charge in [0.15, 0.2) is 0 Å². The van der Waals surface area contributed by atoms with E-state index in [0.29, 0.717) is 41.1 Å². The lowest BCUT2D eigenvalue weighted by molar-refractivity contribution is 0.0695. The Bertz CT molecular complexity index is 1240. The van der Waals surface area contributed by atoms with Crippen LogP contribution in [0.5, 0.6) is 0 Å². The van der Waals surface area contributed by atoms with Crippen molar-refractivity contribution in [2.75, 3.05) is 18.0 Å². The number of hydrogen-bond donors (Lipinski definition) is 2. The predicted molar refractivity (Wildman–Crippen MR) is 121 cm³/mol. The summed E-state index contributed by atoms with van der Waals surface area (Å²) in [5, 5.41) is 9.65. The monoisotopic (exact) mass is 437 g/mol. The zero-order valence-electron chi connectivity index (χ0n) is 18.2. The van der Waals surface area contributed by atoms with Crippen LogP contribution in [0.4, 0.5) is 10.1 Å². The highest BCUT2D eigenvalue weighted by Gasteiger charge is 2.43. The van der Waals surface area contributed by atoms with E-state index in [9.17, 15) is 14.7 Å². The van der Waals surface area contributed by atoms with Crippen molar-refractivity contribution in [2.45, 2.75) is 51.1 Å². The zero-order chi connectivity index (χ0) is 22.3. The van der Waals surface area contributed by atoms with Crippen LogP contribution < -0.4 is 16.1 Å². The van der Waals surface area contributed by atoms with Crippen molar-refractivity contribution in [1.29, 1.82) is 0 Å². The standard InChI is InChI=1S/C25H28FN3O3/c1-12-22-17(24(30)19(25(31)32)11-29(22)16-4-5-16)8-20(26)23(12)28-9-15-6-14(13-2-3-13)7-21(27)18(15)10-28/h7-8,11,13,15-16,18,21H,2-6,9-10,27H2,1H3,(H,31,32)/t15?,18-,21?/m0/s1. The minimum Gasteiger partial charge on any atom is -0.477 e. The number of carboxylic acid groups (broad SMARTS) is 1. The average molecular weight is 438 g/mol. The number of hydrogen-bond acceptors (Lipinski definition) is 4. The smallest absolute Gasteiger partial charge is 0.341 e. The van der Waals surface area contributed by atoms with E-state index in [1.54, 1.807) is 0 Å². The Hall–Kier alpha value is -2.67. The van der Waals surface area contributed by atoms with Crippen LogP contribution >= 0.6 is 0 Å². The number of aryl methyl sites for hydroxylation is 1. The van der Waals surface area contributed by atoms with Crippen LogP contribution in [0.3, 0.4) is 0 Å². The van der Waals surface area contributed by atoms with Crippen molar-refractivity contribution in [3.8, 4) is 0 Å². The van der Waals surface area contributed by atoms with E-state index in [0.717, 1.165) is 25.8 Å². The first-order valence-corrected chi connectivity index (χ1v) is 11.7. The third-order valence-corrected chi connectivity index (χ3v) is 7.96. The molecule has 1 aliphatic heterocycles. The van der Waals surface area contributed by atoms with Crippen molar-refractivity contribution in [3.63, 3.8) is 0 Å². The maximum Gasteiger partial charge on any atom is 0.341 e. The molecule has 2 heterocycles. The number of pyridine rings is 1. The third-order valence-electron chi connectivity index (χ3n) is 7.96. The van der Waals surface area contributed by atoms with Crippen molar-refractivity contribution < 1.29 is 14.3 Å². The number of rotatable bonds is 4. The summed E-state index contributed by atoms with van der Waals surface area (Å²) >= 11 is 0. The molecule has 6 rings (SSSR count). The number of carbonyl (C=O) groups is 1. The van der Waals surface area contributed by atoms with Gasteiger partial charge in [-0.2, -0.15) is 0 Å². The van der Waals surface area contributed by atoms with E-state index in [1.165, 1.54) is 30.7 Å². The molecule has 2 unspecified atom stereocenters. The summed E-state index contributed by atoms with van der Waals surface area (Å²) in [7, 11) is 0. The lowest BCUT2D eigenvalue weighted by atomic mass is 9.78. The van der Waals surface area contributed by atoms with Gasteiger partial charge in [0.1, 0.15) is 11.4 Å². The molecule has 32 heavy (non-hydrogen) atoms. The van der Waals surface area contributed by atoms with Gasteiger partial charge in [-0.25, -0.2) is 9.18 Å². The Morgan fingerprint density at radius 1 is 1.22 bits per heavy atom. The normalized spacial score (nSPS) is 27.5. The second-order valence-electron chi connectivity index (χ2n) is 10.2. The highest BCUT2D eigenvalue weighted by molar-refractivity contribution is 5.95. The molecule has 3 N–H and O–H groups in total. The van der Waals surface area contributed by atoms with Gasteiger partial charge in [-0.15, -0.1) is 0 Å². The Morgan fingerprint density at radius 3 is 2.62 bits per heavy atom. The van der Waals surface area contributed by atoms with Gasteiger partial charge >= 0.3 is 5.97 Å². The topological polar surface area (TPSA) is 88.6 Å². The summed E-state index contributed by atoms with van der Waals surface area (Å²) in [6.07, 6.45) is 9.13. The second-order valence-corrected chi connectivity index (χ2v) is 10.2. The zero-order valence-corrected chi connectivity index (χ0v) is 18.2. The molecule has 6 nitrogen and oxygen atoms in total. The van der Waals surface area contributed by atoms with E-state index in [-0.39, 0.29) is 23.0 Å². The number of carboxylic acids is 1. The quantitative estimate of drug-likeness (QED) is 0.714. The Morgan fingerprint density at radius 2 is 1.97 bits per heavy atom. The molecule has 168 valence electrons. The van der Waals surface area contributed by atoms with Gasteiger partial charge in [-0.05, 0) is 68.4 Å². The third kappa shape index (κ3) is 3.01. The van der Waals surface area contributed by atoms with Crippen LogP contribution in [-0.4, -0.2) is 34.8 Å². The van der Waals surface area contributed by atoms with E-state index >= 15 is 4.39 Å². The Labute approximate surface area is 185 Å². The molecule has 3 atom stereocenters. The average Bonchev–Trinajstić information content (AvgIpc) is 3.65. The number of nitrogens with two attached hydrogens (primary N) is 1. The van der Waals surface area contributed by atoms with Crippen LogP contribution in [0.15, 0.2) is 28.7 Å². The van der Waals surface area contributed by atoms with Gasteiger partial charge in [0.2, 0.25) is 5.43 Å². The second kappa shape index (κ2) is 6.91. The van der Waals surface area contributed by atoms with E-state index in [4.69, 9.17) is 5.73 Å². The molecule has 2 aromatic rings. The number of fused-ring (bicyclic) bond motifs is 2. The summed E-state index contributed by atoms with van der Waals surface area (Å²) < 4.78 is 17.4. The molecule has 0 spiro atoms. The number of allylic oxidation sites excluding steroid dienone is 1. The summed E-state index contributed by atoms with van der Waals surface area (Å²) in [5.74, 6) is -0.316. The number of aromatic nitrogens is 1. The molecule has 4 aliphatic rings. The summed E-state index contributed by atoms with van der Waals surface area (Å²) in [6.45, 7) is 3.31. The lowest BCUT2D eigenvalue weighted by Crippen LogP contribution is -2.37. The summed E-state index contributed by atoms with van der Waals surface area (Å²) in [4.78, 5) is 26.6. The van der Waals surface area contributed by atoms with Crippen molar-refractivity contribution >= 4 is 22.6 Å². The van der Waals surface area contributed by atoms with Gasteiger partial charge < -0.3 is 20.3 Å². The van der Waals surface area contributed by atoms with E-state index in [1.807, 2.05) is 11.5 Å². The minimum atomic E-state index is -1.27. The first kappa shape index (κ1) is 20.0. The maximum atomic E-state index is 15.5. The highest BCUT2D eigenvalue weighted by atomic mass is 19.1. The van der Waals surface area contributed by atoms with E-state index < -0.39 is 17.2 Å². The molecule has 3 fully saturated rings. The first-order valence-electron chi connectivity index (χ1n) is 11.7. The van der Waals surface area contributed by atoms with Crippen LogP contribution in [0.25, 0.3) is 10.9 Å². The van der Waals surface area contributed by atoms with Crippen molar-refractivity contribution in [2.24, 2.45) is 23.5 Å². The molecule has 2 saturated carbocycles.